The third-order valence-electron chi connectivity index (χ3n) is 3.10. The van der Waals surface area contributed by atoms with Gasteiger partial charge in [-0.25, -0.2) is 8.42 Å². The van der Waals surface area contributed by atoms with Gasteiger partial charge < -0.3 is 4.74 Å². The summed E-state index contributed by atoms with van der Waals surface area (Å²) in [4.78, 5) is 23.0. The van der Waals surface area contributed by atoms with Gasteiger partial charge in [0, 0.05) is 6.42 Å². The smallest absolute Gasteiger partial charge is 0.306 e. The molecule has 0 heterocycles. The van der Waals surface area contributed by atoms with Crippen molar-refractivity contribution in [3.63, 3.8) is 0 Å². The van der Waals surface area contributed by atoms with Crippen LogP contribution in [0, 0.1) is 13.8 Å². The summed E-state index contributed by atoms with van der Waals surface area (Å²) in [5.74, 6) is -1.56. The number of sulfone groups is 1. The zero-order valence-corrected chi connectivity index (χ0v) is 13.3. The molecule has 0 bridgehead atoms. The molecule has 116 valence electrons. The fourth-order valence-corrected chi connectivity index (χ4v) is 3.12. The molecule has 0 N–H and O–H groups in total. The minimum absolute atomic E-state index is 0.0882. The Bertz CT molecular complexity index is 631. The van der Waals surface area contributed by atoms with Crippen LogP contribution in [0.4, 0.5) is 0 Å². The summed E-state index contributed by atoms with van der Waals surface area (Å²) in [6.07, 6.45) is -0.210. The largest absolute Gasteiger partial charge is 0.466 e. The van der Waals surface area contributed by atoms with Gasteiger partial charge in [-0.15, -0.1) is 0 Å². The van der Waals surface area contributed by atoms with Crippen LogP contribution in [0.15, 0.2) is 23.1 Å². The van der Waals surface area contributed by atoms with Crippen molar-refractivity contribution in [1.29, 1.82) is 0 Å². The molecule has 0 radical (unpaired) electrons. The highest BCUT2D eigenvalue weighted by molar-refractivity contribution is 7.92. The predicted molar refractivity (Wildman–Crippen MR) is 78.8 cm³/mol. The first-order valence-corrected chi connectivity index (χ1v) is 8.39. The van der Waals surface area contributed by atoms with Crippen LogP contribution in [0.25, 0.3) is 0 Å². The first kappa shape index (κ1) is 17.4. The van der Waals surface area contributed by atoms with Crippen LogP contribution in [0.5, 0.6) is 0 Å². The molecule has 1 aromatic rings. The number of carbonyl (C=O) groups excluding carboxylic acids is 2. The molecule has 0 saturated carbocycles. The van der Waals surface area contributed by atoms with E-state index in [1.54, 1.807) is 19.1 Å². The van der Waals surface area contributed by atoms with Crippen LogP contribution in [0.2, 0.25) is 0 Å². The molecule has 1 aromatic carbocycles. The molecule has 0 aromatic heterocycles. The molecule has 6 heteroatoms. The van der Waals surface area contributed by atoms with E-state index >= 15 is 0 Å². The molecule has 5 nitrogen and oxygen atoms in total. The van der Waals surface area contributed by atoms with Gasteiger partial charge in [0.1, 0.15) is 11.5 Å². The highest BCUT2D eigenvalue weighted by atomic mass is 32.2. The van der Waals surface area contributed by atoms with Crippen LogP contribution < -0.4 is 0 Å². The Hall–Kier alpha value is -1.69. The standard InChI is InChI=1S/C15H20O5S/c1-4-20-15(17)8-6-13(16)10-21(18,19)14-7-5-11(2)12(3)9-14/h5,7,9H,4,6,8,10H2,1-3H3. The average molecular weight is 312 g/mol. The maximum atomic E-state index is 12.1. The van der Waals surface area contributed by atoms with Crippen molar-refractivity contribution in [3.8, 4) is 0 Å². The van der Waals surface area contributed by atoms with E-state index in [4.69, 9.17) is 4.74 Å². The van der Waals surface area contributed by atoms with Crippen LogP contribution in [-0.2, 0) is 24.2 Å². The number of esters is 1. The summed E-state index contributed by atoms with van der Waals surface area (Å²) in [5.41, 5.74) is 1.85. The van der Waals surface area contributed by atoms with Crippen molar-refractivity contribution >= 4 is 21.6 Å². The first-order chi connectivity index (χ1) is 9.76. The van der Waals surface area contributed by atoms with Crippen LogP contribution in [0.3, 0.4) is 0 Å². The summed E-state index contributed by atoms with van der Waals surface area (Å²) >= 11 is 0. The Labute approximate surface area is 125 Å². The maximum Gasteiger partial charge on any atom is 0.306 e. The van der Waals surface area contributed by atoms with Gasteiger partial charge in [0.05, 0.1) is 17.9 Å². The Balaban J connectivity index is 2.69. The zero-order chi connectivity index (χ0) is 16.0. The summed E-state index contributed by atoms with van der Waals surface area (Å²) < 4.78 is 29.0. The molecule has 1 rings (SSSR count). The summed E-state index contributed by atoms with van der Waals surface area (Å²) in [5, 5.41) is 0. The number of aryl methyl sites for hydroxylation is 2. The van der Waals surface area contributed by atoms with E-state index in [9.17, 15) is 18.0 Å². The minimum atomic E-state index is -3.66. The number of hydrogen-bond acceptors (Lipinski definition) is 5. The quantitative estimate of drug-likeness (QED) is 0.720. The van der Waals surface area contributed by atoms with Crippen LogP contribution in [0.1, 0.15) is 30.9 Å². The number of carbonyl (C=O) groups is 2. The molecule has 0 atom stereocenters. The molecule has 0 aliphatic rings. The highest BCUT2D eigenvalue weighted by Crippen LogP contribution is 2.16. The normalized spacial score (nSPS) is 11.2. The Morgan fingerprint density at radius 3 is 2.33 bits per heavy atom. The van der Waals surface area contributed by atoms with Gasteiger partial charge in [-0.2, -0.15) is 0 Å². The molecule has 21 heavy (non-hydrogen) atoms. The average Bonchev–Trinajstić information content (AvgIpc) is 2.39. The Morgan fingerprint density at radius 2 is 1.76 bits per heavy atom. The van der Waals surface area contributed by atoms with Crippen molar-refractivity contribution in [1.82, 2.24) is 0 Å². The van der Waals surface area contributed by atoms with Gasteiger partial charge in [0.15, 0.2) is 9.84 Å². The fraction of sp³-hybridized carbons (Fsp3) is 0.467. The lowest BCUT2D eigenvalue weighted by atomic mass is 10.1. The summed E-state index contributed by atoms with van der Waals surface area (Å²) in [7, 11) is -3.66. The van der Waals surface area contributed by atoms with E-state index in [0.717, 1.165) is 11.1 Å². The van der Waals surface area contributed by atoms with E-state index < -0.39 is 27.3 Å². The van der Waals surface area contributed by atoms with Crippen molar-refractivity contribution in [2.45, 2.75) is 38.5 Å². The Morgan fingerprint density at radius 1 is 1.10 bits per heavy atom. The SMILES string of the molecule is CCOC(=O)CCC(=O)CS(=O)(=O)c1ccc(C)c(C)c1. The van der Waals surface area contributed by atoms with Gasteiger partial charge in [-0.05, 0) is 44.0 Å². The number of Topliss-reactive ketones (excluding diaryl/α,β-unsaturated/α-hetero) is 1. The van der Waals surface area contributed by atoms with Gasteiger partial charge in [0.2, 0.25) is 0 Å². The zero-order valence-electron chi connectivity index (χ0n) is 12.5. The summed E-state index contributed by atoms with van der Waals surface area (Å²) in [6, 6.07) is 4.77. The minimum Gasteiger partial charge on any atom is -0.466 e. The molecule has 0 aliphatic heterocycles. The highest BCUT2D eigenvalue weighted by Gasteiger charge is 2.20. The van der Waals surface area contributed by atoms with Gasteiger partial charge >= 0.3 is 5.97 Å². The topological polar surface area (TPSA) is 77.5 Å². The number of rotatable bonds is 7. The van der Waals surface area contributed by atoms with Crippen molar-refractivity contribution in [2.24, 2.45) is 0 Å². The second-order valence-corrected chi connectivity index (χ2v) is 6.84. The molecule has 0 amide bonds. The fourth-order valence-electron chi connectivity index (χ4n) is 1.75. The van der Waals surface area contributed by atoms with E-state index in [1.165, 1.54) is 6.07 Å². The number of benzene rings is 1. The number of ether oxygens (including phenoxy) is 1. The molecule has 0 fully saturated rings. The van der Waals surface area contributed by atoms with E-state index in [2.05, 4.69) is 0 Å². The Kier molecular flexibility index (Phi) is 6.08. The lowest BCUT2D eigenvalue weighted by Gasteiger charge is -2.07. The lowest BCUT2D eigenvalue weighted by molar-refractivity contribution is -0.144. The second kappa shape index (κ2) is 7.36. The predicted octanol–water partition coefficient (Wildman–Crippen LogP) is 1.99. The third kappa shape index (κ3) is 5.30. The first-order valence-electron chi connectivity index (χ1n) is 6.73. The lowest BCUT2D eigenvalue weighted by Crippen LogP contribution is -2.18. The molecular weight excluding hydrogens is 292 g/mol. The van der Waals surface area contributed by atoms with E-state index in [0.29, 0.717) is 0 Å². The molecular formula is C15H20O5S. The monoisotopic (exact) mass is 312 g/mol. The summed E-state index contributed by atoms with van der Waals surface area (Å²) in [6.45, 7) is 5.62. The van der Waals surface area contributed by atoms with E-state index in [1.807, 2.05) is 13.8 Å². The van der Waals surface area contributed by atoms with Crippen molar-refractivity contribution < 1.29 is 22.7 Å². The number of ketones is 1. The van der Waals surface area contributed by atoms with Crippen molar-refractivity contribution in [2.75, 3.05) is 12.4 Å². The van der Waals surface area contributed by atoms with Gasteiger partial charge in [-0.3, -0.25) is 9.59 Å². The van der Waals surface area contributed by atoms with Gasteiger partial charge in [-0.1, -0.05) is 6.07 Å². The molecule has 0 saturated heterocycles. The van der Waals surface area contributed by atoms with E-state index in [-0.39, 0.29) is 24.3 Å². The third-order valence-corrected chi connectivity index (χ3v) is 4.78. The van der Waals surface area contributed by atoms with Gasteiger partial charge in [0.25, 0.3) is 0 Å². The van der Waals surface area contributed by atoms with Crippen LogP contribution in [-0.4, -0.2) is 32.5 Å². The van der Waals surface area contributed by atoms with Crippen LogP contribution >= 0.6 is 0 Å². The molecule has 0 unspecified atom stereocenters. The second-order valence-electron chi connectivity index (χ2n) is 4.85. The molecule has 0 aliphatic carbocycles. The maximum absolute atomic E-state index is 12.1. The van der Waals surface area contributed by atoms with Crippen molar-refractivity contribution in [3.05, 3.63) is 29.3 Å². The number of hydrogen-bond donors (Lipinski definition) is 0. The molecule has 0 spiro atoms.